The molecule has 3 rings (SSSR count). The quantitative estimate of drug-likeness (QED) is 0.770. The molecule has 0 N–H and O–H groups in total. The van der Waals surface area contributed by atoms with Crippen molar-refractivity contribution in [2.75, 3.05) is 6.54 Å². The van der Waals surface area contributed by atoms with Gasteiger partial charge in [0.1, 0.15) is 0 Å². The summed E-state index contributed by atoms with van der Waals surface area (Å²) < 4.78 is 0. The van der Waals surface area contributed by atoms with Crippen LogP contribution >= 0.6 is 23.2 Å². The van der Waals surface area contributed by atoms with Crippen molar-refractivity contribution in [3.8, 4) is 0 Å². The average molecular weight is 348 g/mol. The summed E-state index contributed by atoms with van der Waals surface area (Å²) in [5.41, 5.74) is 3.33. The van der Waals surface area contributed by atoms with Crippen LogP contribution in [0.25, 0.3) is 0 Å². The van der Waals surface area contributed by atoms with Gasteiger partial charge < -0.3 is 4.90 Å². The Morgan fingerprint density at radius 3 is 2.48 bits per heavy atom. The van der Waals surface area contributed by atoms with E-state index < -0.39 is 0 Å². The number of aryl methyl sites for hydroxylation is 1. The zero-order chi connectivity index (χ0) is 16.4. The molecule has 0 radical (unpaired) electrons. The number of likely N-dealkylation sites (tertiary alicyclic amines) is 1. The molecule has 4 heteroatoms. The van der Waals surface area contributed by atoms with Crippen LogP contribution in [-0.2, 0) is 17.8 Å². The molecule has 1 amide bonds. The number of rotatable bonds is 4. The van der Waals surface area contributed by atoms with Gasteiger partial charge in [-0.2, -0.15) is 0 Å². The highest BCUT2D eigenvalue weighted by molar-refractivity contribution is 6.36. The van der Waals surface area contributed by atoms with Gasteiger partial charge >= 0.3 is 0 Å². The van der Waals surface area contributed by atoms with Gasteiger partial charge in [0.2, 0.25) is 5.91 Å². The van der Waals surface area contributed by atoms with E-state index in [0.29, 0.717) is 16.6 Å². The minimum absolute atomic E-state index is 0.0531. The standard InChI is InChI=1S/C19H19Cl2NO/c1-13-5-2-3-6-14(13)11-15-9-10-22(19(15)23)12-16-17(20)7-4-8-18(16)21/h2-8,15H,9-12H2,1H3. The maximum Gasteiger partial charge on any atom is 0.226 e. The van der Waals surface area contributed by atoms with E-state index in [9.17, 15) is 4.79 Å². The van der Waals surface area contributed by atoms with E-state index >= 15 is 0 Å². The van der Waals surface area contributed by atoms with Crippen LogP contribution in [0, 0.1) is 12.8 Å². The fourth-order valence-electron chi connectivity index (χ4n) is 3.13. The van der Waals surface area contributed by atoms with E-state index in [1.807, 2.05) is 35.2 Å². The highest BCUT2D eigenvalue weighted by atomic mass is 35.5. The summed E-state index contributed by atoms with van der Waals surface area (Å²) in [6.07, 6.45) is 1.69. The average Bonchev–Trinajstić information content (AvgIpc) is 2.86. The molecule has 1 aliphatic heterocycles. The summed E-state index contributed by atoms with van der Waals surface area (Å²) >= 11 is 12.4. The fourth-order valence-corrected chi connectivity index (χ4v) is 3.65. The van der Waals surface area contributed by atoms with Crippen molar-refractivity contribution in [2.45, 2.75) is 26.3 Å². The second kappa shape index (κ2) is 6.94. The van der Waals surface area contributed by atoms with Crippen LogP contribution in [0.4, 0.5) is 0 Å². The number of hydrogen-bond donors (Lipinski definition) is 0. The molecule has 2 aromatic rings. The summed E-state index contributed by atoms with van der Waals surface area (Å²) in [4.78, 5) is 14.6. The van der Waals surface area contributed by atoms with Crippen molar-refractivity contribution >= 4 is 29.1 Å². The van der Waals surface area contributed by atoms with Crippen molar-refractivity contribution in [1.29, 1.82) is 0 Å². The predicted octanol–water partition coefficient (Wildman–Crippen LogP) is 4.89. The lowest BCUT2D eigenvalue weighted by Crippen LogP contribution is -2.28. The molecule has 2 aromatic carbocycles. The lowest BCUT2D eigenvalue weighted by atomic mass is 9.95. The third-order valence-electron chi connectivity index (χ3n) is 4.55. The Morgan fingerprint density at radius 2 is 1.78 bits per heavy atom. The van der Waals surface area contributed by atoms with Crippen LogP contribution in [-0.4, -0.2) is 17.4 Å². The van der Waals surface area contributed by atoms with Gasteiger partial charge in [-0.15, -0.1) is 0 Å². The molecule has 0 aromatic heterocycles. The Kier molecular flexibility index (Phi) is 4.93. The zero-order valence-electron chi connectivity index (χ0n) is 13.1. The first-order valence-electron chi connectivity index (χ1n) is 7.82. The topological polar surface area (TPSA) is 20.3 Å². The molecular formula is C19H19Cl2NO. The Labute approximate surface area is 147 Å². The second-order valence-electron chi connectivity index (χ2n) is 6.08. The van der Waals surface area contributed by atoms with Crippen molar-refractivity contribution in [2.24, 2.45) is 5.92 Å². The monoisotopic (exact) mass is 347 g/mol. The molecule has 2 nitrogen and oxygen atoms in total. The molecule has 23 heavy (non-hydrogen) atoms. The minimum atomic E-state index is 0.0531. The lowest BCUT2D eigenvalue weighted by molar-refractivity contribution is -0.131. The van der Waals surface area contributed by atoms with Crippen molar-refractivity contribution in [3.05, 3.63) is 69.2 Å². The van der Waals surface area contributed by atoms with E-state index in [0.717, 1.165) is 24.9 Å². The molecule has 1 fully saturated rings. The van der Waals surface area contributed by atoms with Crippen LogP contribution in [0.1, 0.15) is 23.1 Å². The molecule has 0 saturated carbocycles. The van der Waals surface area contributed by atoms with Gasteiger partial charge in [-0.25, -0.2) is 0 Å². The summed E-state index contributed by atoms with van der Waals surface area (Å²) in [6, 6.07) is 13.7. The van der Waals surface area contributed by atoms with Gasteiger partial charge in [-0.05, 0) is 43.0 Å². The van der Waals surface area contributed by atoms with Crippen LogP contribution < -0.4 is 0 Å². The molecule has 1 atom stereocenters. The lowest BCUT2D eigenvalue weighted by Gasteiger charge is -2.19. The number of amides is 1. The fraction of sp³-hybridized carbons (Fsp3) is 0.316. The number of carbonyl (C=O) groups is 1. The number of hydrogen-bond acceptors (Lipinski definition) is 1. The molecule has 0 spiro atoms. The van der Waals surface area contributed by atoms with Crippen LogP contribution in [0.3, 0.4) is 0 Å². The normalized spacial score (nSPS) is 17.8. The van der Waals surface area contributed by atoms with E-state index in [2.05, 4.69) is 19.1 Å². The highest BCUT2D eigenvalue weighted by Crippen LogP contribution is 2.30. The highest BCUT2D eigenvalue weighted by Gasteiger charge is 2.32. The summed E-state index contributed by atoms with van der Waals surface area (Å²) in [6.45, 7) is 3.34. The number of benzene rings is 2. The summed E-state index contributed by atoms with van der Waals surface area (Å²) in [5.74, 6) is 0.251. The van der Waals surface area contributed by atoms with Crippen molar-refractivity contribution in [3.63, 3.8) is 0 Å². The number of halogens is 2. The van der Waals surface area contributed by atoms with Gasteiger partial charge in [0.15, 0.2) is 0 Å². The predicted molar refractivity (Wildman–Crippen MR) is 94.9 cm³/mol. The molecule has 1 saturated heterocycles. The third kappa shape index (κ3) is 3.54. The summed E-state index contributed by atoms with van der Waals surface area (Å²) in [5, 5.41) is 1.24. The molecule has 0 aliphatic carbocycles. The maximum atomic E-state index is 12.7. The number of carbonyl (C=O) groups excluding carboxylic acids is 1. The first-order chi connectivity index (χ1) is 11.1. The Bertz CT molecular complexity index is 709. The Hall–Kier alpha value is -1.51. The second-order valence-corrected chi connectivity index (χ2v) is 6.89. The molecular weight excluding hydrogens is 329 g/mol. The van der Waals surface area contributed by atoms with Crippen LogP contribution in [0.5, 0.6) is 0 Å². The van der Waals surface area contributed by atoms with Gasteiger partial charge in [-0.1, -0.05) is 53.5 Å². The Balaban J connectivity index is 1.71. The van der Waals surface area contributed by atoms with E-state index in [-0.39, 0.29) is 11.8 Å². The third-order valence-corrected chi connectivity index (χ3v) is 5.25. The maximum absolute atomic E-state index is 12.7. The van der Waals surface area contributed by atoms with E-state index in [1.54, 1.807) is 0 Å². The summed E-state index contributed by atoms with van der Waals surface area (Å²) in [7, 11) is 0. The van der Waals surface area contributed by atoms with Gasteiger partial charge in [0.05, 0.1) is 0 Å². The molecule has 1 unspecified atom stereocenters. The zero-order valence-corrected chi connectivity index (χ0v) is 14.6. The van der Waals surface area contributed by atoms with E-state index in [4.69, 9.17) is 23.2 Å². The Morgan fingerprint density at radius 1 is 1.09 bits per heavy atom. The first-order valence-corrected chi connectivity index (χ1v) is 8.58. The van der Waals surface area contributed by atoms with Crippen molar-refractivity contribution in [1.82, 2.24) is 4.90 Å². The molecule has 1 heterocycles. The molecule has 1 aliphatic rings. The smallest absolute Gasteiger partial charge is 0.226 e. The van der Waals surface area contributed by atoms with Crippen LogP contribution in [0.15, 0.2) is 42.5 Å². The largest absolute Gasteiger partial charge is 0.338 e. The van der Waals surface area contributed by atoms with E-state index in [1.165, 1.54) is 11.1 Å². The van der Waals surface area contributed by atoms with Gasteiger partial charge in [0.25, 0.3) is 0 Å². The van der Waals surface area contributed by atoms with Crippen LogP contribution in [0.2, 0.25) is 10.0 Å². The first kappa shape index (κ1) is 16.4. The van der Waals surface area contributed by atoms with Gasteiger partial charge in [-0.3, -0.25) is 4.79 Å². The molecule has 120 valence electrons. The number of nitrogens with zero attached hydrogens (tertiary/aromatic N) is 1. The van der Waals surface area contributed by atoms with Gasteiger partial charge in [0, 0.05) is 34.6 Å². The minimum Gasteiger partial charge on any atom is -0.338 e. The molecule has 0 bridgehead atoms. The van der Waals surface area contributed by atoms with Crippen molar-refractivity contribution < 1.29 is 4.79 Å². The SMILES string of the molecule is Cc1ccccc1CC1CCN(Cc2c(Cl)cccc2Cl)C1=O.